The Labute approximate surface area is 54.8 Å². The Morgan fingerprint density at radius 3 is 2.56 bits per heavy atom. The van der Waals surface area contributed by atoms with Crippen LogP contribution < -0.4 is 0 Å². The van der Waals surface area contributed by atoms with E-state index in [1.54, 1.807) is 0 Å². The minimum atomic E-state index is 0.275. The van der Waals surface area contributed by atoms with Gasteiger partial charge in [-0.15, -0.1) is 0 Å². The van der Waals surface area contributed by atoms with Gasteiger partial charge < -0.3 is 4.79 Å². The maximum Gasteiger partial charge on any atom is 0.138 e. The van der Waals surface area contributed by atoms with Crippen molar-refractivity contribution in [3.8, 4) is 0 Å². The van der Waals surface area contributed by atoms with Gasteiger partial charge >= 0.3 is 0 Å². The van der Waals surface area contributed by atoms with Crippen LogP contribution in [-0.2, 0) is 4.79 Å². The molecule has 1 saturated heterocycles. The van der Waals surface area contributed by atoms with Crippen LogP contribution in [0.5, 0.6) is 0 Å². The summed E-state index contributed by atoms with van der Waals surface area (Å²) >= 11 is 0. The number of hydrogen-bond acceptors (Lipinski definition) is 2. The van der Waals surface area contributed by atoms with Crippen LogP contribution in [0, 0.1) is 5.92 Å². The number of rotatable bonds is 2. The molecule has 1 aliphatic heterocycles. The van der Waals surface area contributed by atoms with Crippen LogP contribution >= 0.6 is 0 Å². The first-order chi connectivity index (χ1) is 4.34. The van der Waals surface area contributed by atoms with E-state index in [9.17, 15) is 4.79 Å². The van der Waals surface area contributed by atoms with Crippen LogP contribution in [0.3, 0.4) is 0 Å². The second kappa shape index (κ2) is 1.57. The summed E-state index contributed by atoms with van der Waals surface area (Å²) in [4.78, 5) is 12.4. The molecule has 0 amide bonds. The van der Waals surface area contributed by atoms with Crippen molar-refractivity contribution in [3.63, 3.8) is 0 Å². The van der Waals surface area contributed by atoms with E-state index in [1.807, 2.05) is 7.05 Å². The number of aldehydes is 1. The van der Waals surface area contributed by atoms with Crippen molar-refractivity contribution in [2.75, 3.05) is 7.05 Å². The summed E-state index contributed by atoms with van der Waals surface area (Å²) < 4.78 is 0. The largest absolute Gasteiger partial charge is 0.302 e. The zero-order valence-electron chi connectivity index (χ0n) is 5.58. The number of likely N-dealkylation sites (N-methyl/N-ethyl adjacent to an activating group) is 1. The highest BCUT2D eigenvalue weighted by molar-refractivity contribution is 5.64. The van der Waals surface area contributed by atoms with Gasteiger partial charge in [0.2, 0.25) is 0 Å². The summed E-state index contributed by atoms with van der Waals surface area (Å²) in [5.41, 5.74) is 0. The molecular formula is C7H11NO. The molecule has 0 spiro atoms. The van der Waals surface area contributed by atoms with Gasteiger partial charge in [0.05, 0.1) is 6.04 Å². The lowest BCUT2D eigenvalue weighted by Gasteiger charge is -1.85. The lowest BCUT2D eigenvalue weighted by atomic mass is 10.2. The van der Waals surface area contributed by atoms with Crippen LogP contribution in [0.4, 0.5) is 0 Å². The fourth-order valence-electron chi connectivity index (χ4n) is 1.61. The summed E-state index contributed by atoms with van der Waals surface area (Å²) in [5, 5.41) is 0. The Bertz CT molecular complexity index is 142. The third kappa shape index (κ3) is 0.697. The Morgan fingerprint density at radius 2 is 2.22 bits per heavy atom. The second-order valence-electron chi connectivity index (χ2n) is 3.12. The molecule has 0 bridgehead atoms. The fraction of sp³-hybridized carbons (Fsp3) is 0.857. The number of nitrogens with zero attached hydrogens (tertiary/aromatic N) is 1. The number of carbonyl (C=O) groups excluding carboxylic acids is 1. The molecule has 1 aliphatic carbocycles. The summed E-state index contributed by atoms with van der Waals surface area (Å²) in [6.45, 7) is 0. The molecule has 0 aromatic rings. The topological polar surface area (TPSA) is 20.1 Å². The molecule has 2 nitrogen and oxygen atoms in total. The molecular weight excluding hydrogens is 114 g/mol. The normalized spacial score (nSPS) is 48.8. The molecule has 2 unspecified atom stereocenters. The molecule has 1 saturated carbocycles. The Balaban J connectivity index is 1.94. The molecule has 3 atom stereocenters. The molecule has 1 heterocycles. The SMILES string of the molecule is CN1C(C2CC2)[C@@H]1C=O. The van der Waals surface area contributed by atoms with Gasteiger partial charge in [0.1, 0.15) is 6.29 Å². The zero-order chi connectivity index (χ0) is 6.43. The van der Waals surface area contributed by atoms with Gasteiger partial charge in [-0.25, -0.2) is 0 Å². The number of hydrogen-bond donors (Lipinski definition) is 0. The van der Waals surface area contributed by atoms with E-state index in [0.717, 1.165) is 12.2 Å². The van der Waals surface area contributed by atoms with E-state index in [-0.39, 0.29) is 6.04 Å². The van der Waals surface area contributed by atoms with Crippen molar-refractivity contribution in [1.29, 1.82) is 0 Å². The quantitative estimate of drug-likeness (QED) is 0.390. The molecule has 9 heavy (non-hydrogen) atoms. The molecule has 0 aromatic heterocycles. The van der Waals surface area contributed by atoms with Gasteiger partial charge in [0, 0.05) is 6.04 Å². The first kappa shape index (κ1) is 5.42. The Morgan fingerprint density at radius 1 is 1.56 bits per heavy atom. The minimum Gasteiger partial charge on any atom is -0.302 e. The van der Waals surface area contributed by atoms with Crippen molar-refractivity contribution in [3.05, 3.63) is 0 Å². The third-order valence-corrected chi connectivity index (χ3v) is 2.45. The van der Waals surface area contributed by atoms with Crippen molar-refractivity contribution in [2.45, 2.75) is 24.9 Å². The second-order valence-corrected chi connectivity index (χ2v) is 3.12. The lowest BCUT2D eigenvalue weighted by molar-refractivity contribution is -0.108. The van der Waals surface area contributed by atoms with Crippen LogP contribution in [0.1, 0.15) is 12.8 Å². The standard InChI is InChI=1S/C7H11NO/c1-8-6(4-9)7(8)5-2-3-5/h4-7H,2-3H2,1H3/t6-,7?,8?/m0/s1. The summed E-state index contributed by atoms with van der Waals surface area (Å²) in [7, 11) is 2.03. The zero-order valence-corrected chi connectivity index (χ0v) is 5.58. The Hall–Kier alpha value is -0.370. The molecule has 0 radical (unpaired) electrons. The van der Waals surface area contributed by atoms with Crippen LogP contribution in [0.25, 0.3) is 0 Å². The van der Waals surface area contributed by atoms with Crippen molar-refractivity contribution < 1.29 is 4.79 Å². The van der Waals surface area contributed by atoms with E-state index >= 15 is 0 Å². The first-order valence-corrected chi connectivity index (χ1v) is 3.52. The van der Waals surface area contributed by atoms with E-state index in [0.29, 0.717) is 6.04 Å². The highest BCUT2D eigenvalue weighted by Crippen LogP contribution is 2.44. The minimum absolute atomic E-state index is 0.275. The highest BCUT2D eigenvalue weighted by atomic mass is 16.1. The van der Waals surface area contributed by atoms with Gasteiger partial charge in [-0.3, -0.25) is 4.90 Å². The van der Waals surface area contributed by atoms with Crippen LogP contribution in [-0.4, -0.2) is 30.3 Å². The lowest BCUT2D eigenvalue weighted by Crippen LogP contribution is -1.95. The van der Waals surface area contributed by atoms with E-state index in [2.05, 4.69) is 4.90 Å². The maximum absolute atomic E-state index is 10.3. The molecule has 0 N–H and O–H groups in total. The van der Waals surface area contributed by atoms with Gasteiger partial charge in [-0.1, -0.05) is 0 Å². The predicted molar refractivity (Wildman–Crippen MR) is 34.1 cm³/mol. The maximum atomic E-state index is 10.3. The molecule has 50 valence electrons. The van der Waals surface area contributed by atoms with E-state index in [1.165, 1.54) is 12.8 Å². The highest BCUT2D eigenvalue weighted by Gasteiger charge is 2.52. The molecule has 2 rings (SSSR count). The summed E-state index contributed by atoms with van der Waals surface area (Å²) in [6, 6.07) is 0.903. The summed E-state index contributed by atoms with van der Waals surface area (Å²) in [5.74, 6) is 0.866. The molecule has 2 fully saturated rings. The fourth-order valence-corrected chi connectivity index (χ4v) is 1.61. The first-order valence-electron chi connectivity index (χ1n) is 3.52. The van der Waals surface area contributed by atoms with Gasteiger partial charge in [-0.05, 0) is 25.8 Å². The average Bonchev–Trinajstić information content (AvgIpc) is 2.61. The van der Waals surface area contributed by atoms with Crippen LogP contribution in [0.15, 0.2) is 0 Å². The van der Waals surface area contributed by atoms with E-state index < -0.39 is 0 Å². The predicted octanol–water partition coefficient (Wildman–Crippen LogP) is 0.278. The van der Waals surface area contributed by atoms with Gasteiger partial charge in [-0.2, -0.15) is 0 Å². The van der Waals surface area contributed by atoms with E-state index in [4.69, 9.17) is 0 Å². The van der Waals surface area contributed by atoms with Gasteiger partial charge in [0.25, 0.3) is 0 Å². The van der Waals surface area contributed by atoms with Gasteiger partial charge in [0.15, 0.2) is 0 Å². The molecule has 2 heteroatoms. The third-order valence-electron chi connectivity index (χ3n) is 2.45. The van der Waals surface area contributed by atoms with Crippen LogP contribution in [0.2, 0.25) is 0 Å². The molecule has 2 aliphatic rings. The van der Waals surface area contributed by atoms with Crippen molar-refractivity contribution in [2.24, 2.45) is 5.92 Å². The summed E-state index contributed by atoms with van der Waals surface area (Å²) in [6.07, 6.45) is 3.77. The number of carbonyl (C=O) groups is 1. The smallest absolute Gasteiger partial charge is 0.138 e. The molecule has 0 aromatic carbocycles. The average molecular weight is 125 g/mol. The Kier molecular flexibility index (Phi) is 0.943. The van der Waals surface area contributed by atoms with Crippen molar-refractivity contribution >= 4 is 6.29 Å². The van der Waals surface area contributed by atoms with Crippen molar-refractivity contribution in [1.82, 2.24) is 4.90 Å². The monoisotopic (exact) mass is 125 g/mol.